The number of hydrogen-bond acceptors (Lipinski definition) is 4. The highest BCUT2D eigenvalue weighted by Gasteiger charge is 2.29. The van der Waals surface area contributed by atoms with Crippen LogP contribution in [0.1, 0.15) is 57.6 Å². The summed E-state index contributed by atoms with van der Waals surface area (Å²) in [5.41, 5.74) is 3.80. The second-order valence-corrected chi connectivity index (χ2v) is 8.51. The summed E-state index contributed by atoms with van der Waals surface area (Å²) < 4.78 is 5.27. The molecule has 30 heavy (non-hydrogen) atoms. The molecule has 4 rings (SSSR count). The molecule has 2 aromatic carbocycles. The summed E-state index contributed by atoms with van der Waals surface area (Å²) >= 11 is 1.52. The van der Waals surface area contributed by atoms with E-state index in [0.717, 1.165) is 36.0 Å². The highest BCUT2D eigenvalue weighted by Crippen LogP contribution is 2.40. The molecule has 0 saturated heterocycles. The summed E-state index contributed by atoms with van der Waals surface area (Å²) in [5, 5.41) is 3.66. The van der Waals surface area contributed by atoms with Crippen LogP contribution < -0.4 is 5.32 Å². The molecule has 5 heteroatoms. The first-order valence-corrected chi connectivity index (χ1v) is 11.2. The Morgan fingerprint density at radius 2 is 1.63 bits per heavy atom. The first kappa shape index (κ1) is 20.4. The highest BCUT2D eigenvalue weighted by molar-refractivity contribution is 7.17. The zero-order valence-corrected chi connectivity index (χ0v) is 17.8. The van der Waals surface area contributed by atoms with Crippen molar-refractivity contribution >= 4 is 28.2 Å². The van der Waals surface area contributed by atoms with Gasteiger partial charge in [-0.25, -0.2) is 4.79 Å². The quantitative estimate of drug-likeness (QED) is 0.509. The van der Waals surface area contributed by atoms with E-state index in [-0.39, 0.29) is 17.8 Å². The minimum absolute atomic E-state index is 0.0507. The van der Waals surface area contributed by atoms with Crippen LogP contribution in [0.2, 0.25) is 0 Å². The Balaban J connectivity index is 1.58. The van der Waals surface area contributed by atoms with Crippen LogP contribution in [0.15, 0.2) is 60.7 Å². The van der Waals surface area contributed by atoms with Crippen molar-refractivity contribution in [3.05, 3.63) is 87.8 Å². The van der Waals surface area contributed by atoms with Crippen molar-refractivity contribution in [2.45, 2.75) is 38.5 Å². The standard InChI is InChI=1S/C25H25NO3S/c1-2-29-25(28)23-19-14-9-15-21(19)30-24(23)26-22(27)16-20(17-10-5-3-6-11-17)18-12-7-4-8-13-18/h3-8,10-13,20H,2,9,14-16H2,1H3,(H,26,27). The lowest BCUT2D eigenvalue weighted by atomic mass is 9.88. The fourth-order valence-corrected chi connectivity index (χ4v) is 5.37. The fraction of sp³-hybridized carbons (Fsp3) is 0.280. The van der Waals surface area contributed by atoms with Crippen molar-refractivity contribution in [2.75, 3.05) is 11.9 Å². The summed E-state index contributed by atoms with van der Waals surface area (Å²) in [6.45, 7) is 2.12. The summed E-state index contributed by atoms with van der Waals surface area (Å²) in [7, 11) is 0. The zero-order valence-electron chi connectivity index (χ0n) is 17.0. The molecule has 1 heterocycles. The first-order valence-electron chi connectivity index (χ1n) is 10.4. The molecule has 1 aromatic heterocycles. The lowest BCUT2D eigenvalue weighted by molar-refractivity contribution is -0.116. The Morgan fingerprint density at radius 1 is 1.00 bits per heavy atom. The van der Waals surface area contributed by atoms with E-state index in [2.05, 4.69) is 29.6 Å². The number of anilines is 1. The number of benzene rings is 2. The number of esters is 1. The van der Waals surface area contributed by atoms with Crippen LogP contribution in [0, 0.1) is 0 Å². The van der Waals surface area contributed by atoms with E-state index in [1.54, 1.807) is 6.92 Å². The summed E-state index contributed by atoms with van der Waals surface area (Å²) in [5.74, 6) is -0.488. The average molecular weight is 420 g/mol. The van der Waals surface area contributed by atoms with E-state index in [4.69, 9.17) is 4.74 Å². The van der Waals surface area contributed by atoms with Crippen molar-refractivity contribution < 1.29 is 14.3 Å². The maximum absolute atomic E-state index is 13.1. The Morgan fingerprint density at radius 3 is 2.23 bits per heavy atom. The monoisotopic (exact) mass is 419 g/mol. The number of ether oxygens (including phenoxy) is 1. The Labute approximate surface area is 180 Å². The van der Waals surface area contributed by atoms with Gasteiger partial charge in [-0.3, -0.25) is 4.79 Å². The second kappa shape index (κ2) is 9.26. The molecule has 4 nitrogen and oxygen atoms in total. The Bertz CT molecular complexity index is 988. The summed E-state index contributed by atoms with van der Waals surface area (Å²) in [6.07, 6.45) is 3.18. The third-order valence-corrected chi connectivity index (χ3v) is 6.65. The van der Waals surface area contributed by atoms with Gasteiger partial charge in [0.05, 0.1) is 12.2 Å². The number of rotatable bonds is 7. The largest absolute Gasteiger partial charge is 0.462 e. The average Bonchev–Trinajstić information content (AvgIpc) is 3.34. The Hall–Kier alpha value is -2.92. The molecule has 0 bridgehead atoms. The van der Waals surface area contributed by atoms with Crippen LogP contribution in [-0.2, 0) is 22.4 Å². The van der Waals surface area contributed by atoms with Gasteiger partial charge in [0.25, 0.3) is 0 Å². The molecule has 0 atom stereocenters. The van der Waals surface area contributed by atoms with Gasteiger partial charge >= 0.3 is 5.97 Å². The third-order valence-electron chi connectivity index (χ3n) is 5.45. The van der Waals surface area contributed by atoms with Crippen LogP contribution in [-0.4, -0.2) is 18.5 Å². The maximum atomic E-state index is 13.1. The van der Waals surface area contributed by atoms with Gasteiger partial charge in [-0.2, -0.15) is 0 Å². The van der Waals surface area contributed by atoms with Crippen molar-refractivity contribution in [1.29, 1.82) is 0 Å². The molecular weight excluding hydrogens is 394 g/mol. The number of amides is 1. The number of nitrogens with one attached hydrogen (secondary N) is 1. The van der Waals surface area contributed by atoms with Crippen molar-refractivity contribution in [1.82, 2.24) is 0 Å². The zero-order chi connectivity index (χ0) is 20.9. The van der Waals surface area contributed by atoms with Gasteiger partial charge in [-0.15, -0.1) is 11.3 Å². The highest BCUT2D eigenvalue weighted by atomic mass is 32.1. The third kappa shape index (κ3) is 4.31. The van der Waals surface area contributed by atoms with Gasteiger partial charge in [-0.1, -0.05) is 60.7 Å². The molecule has 154 valence electrons. The fourth-order valence-electron chi connectivity index (χ4n) is 4.07. The number of hydrogen-bond donors (Lipinski definition) is 1. The molecule has 1 amide bonds. The molecule has 1 N–H and O–H groups in total. The predicted octanol–water partition coefficient (Wildman–Crippen LogP) is 5.57. The molecule has 0 radical (unpaired) electrons. The van der Waals surface area contributed by atoms with Gasteiger partial charge in [0.1, 0.15) is 5.00 Å². The summed E-state index contributed by atoms with van der Waals surface area (Å²) in [6, 6.07) is 20.1. The molecule has 1 aliphatic carbocycles. The minimum Gasteiger partial charge on any atom is -0.462 e. The smallest absolute Gasteiger partial charge is 0.341 e. The van der Waals surface area contributed by atoms with E-state index < -0.39 is 0 Å². The number of fused-ring (bicyclic) bond motifs is 1. The van der Waals surface area contributed by atoms with E-state index >= 15 is 0 Å². The van der Waals surface area contributed by atoms with E-state index in [9.17, 15) is 9.59 Å². The van der Waals surface area contributed by atoms with Gasteiger partial charge in [0, 0.05) is 17.2 Å². The van der Waals surface area contributed by atoms with Crippen molar-refractivity contribution in [3.8, 4) is 0 Å². The topological polar surface area (TPSA) is 55.4 Å². The molecule has 0 spiro atoms. The number of carbonyl (C=O) groups excluding carboxylic acids is 2. The molecule has 3 aromatic rings. The molecule has 0 unspecified atom stereocenters. The SMILES string of the molecule is CCOC(=O)c1c(NC(=O)CC(c2ccccc2)c2ccccc2)sc2c1CCC2. The molecular formula is C25H25NO3S. The number of carbonyl (C=O) groups is 2. The van der Waals surface area contributed by atoms with Crippen LogP contribution in [0.5, 0.6) is 0 Å². The van der Waals surface area contributed by atoms with Crippen molar-refractivity contribution in [2.24, 2.45) is 0 Å². The molecule has 0 saturated carbocycles. The molecule has 0 fully saturated rings. The van der Waals surface area contributed by atoms with Crippen molar-refractivity contribution in [3.63, 3.8) is 0 Å². The number of thiophene rings is 1. The predicted molar refractivity (Wildman–Crippen MR) is 120 cm³/mol. The van der Waals surface area contributed by atoms with E-state index in [1.165, 1.54) is 16.2 Å². The van der Waals surface area contributed by atoms with Gasteiger partial charge < -0.3 is 10.1 Å². The molecule has 1 aliphatic rings. The van der Waals surface area contributed by atoms with Gasteiger partial charge in [0.2, 0.25) is 5.91 Å². The summed E-state index contributed by atoms with van der Waals surface area (Å²) in [4.78, 5) is 26.8. The van der Waals surface area contributed by atoms with Gasteiger partial charge in [0.15, 0.2) is 0 Å². The van der Waals surface area contributed by atoms with E-state index in [0.29, 0.717) is 23.6 Å². The maximum Gasteiger partial charge on any atom is 0.341 e. The lowest BCUT2D eigenvalue weighted by Gasteiger charge is -2.18. The number of aryl methyl sites for hydroxylation is 1. The Kier molecular flexibility index (Phi) is 6.29. The normalized spacial score (nSPS) is 12.6. The molecule has 0 aliphatic heterocycles. The van der Waals surface area contributed by atoms with Crippen LogP contribution in [0.4, 0.5) is 5.00 Å². The van der Waals surface area contributed by atoms with E-state index in [1.807, 2.05) is 36.4 Å². The van der Waals surface area contributed by atoms with Crippen LogP contribution in [0.25, 0.3) is 0 Å². The van der Waals surface area contributed by atoms with Crippen LogP contribution in [0.3, 0.4) is 0 Å². The van der Waals surface area contributed by atoms with Gasteiger partial charge in [-0.05, 0) is 42.9 Å². The van der Waals surface area contributed by atoms with Crippen LogP contribution >= 0.6 is 11.3 Å². The second-order valence-electron chi connectivity index (χ2n) is 7.41. The first-order chi connectivity index (χ1) is 14.7. The lowest BCUT2D eigenvalue weighted by Crippen LogP contribution is -2.18. The minimum atomic E-state index is -0.338.